The van der Waals surface area contributed by atoms with Gasteiger partial charge in [0, 0.05) is 5.37 Å². The monoisotopic (exact) mass is 120 g/mol. The number of amidine groups is 1. The first-order valence-electron chi connectivity index (χ1n) is 1.42. The maximum Gasteiger partial charge on any atom is 0.199 e. The fraction of sp³-hybridized carbons (Fsp3) is 0. The van der Waals surface area contributed by atoms with Gasteiger partial charge >= 0.3 is 0 Å². The van der Waals surface area contributed by atoms with Gasteiger partial charge in [0.2, 0.25) is 0 Å². The summed E-state index contributed by atoms with van der Waals surface area (Å²) in [6, 6.07) is 0. The van der Waals surface area contributed by atoms with Crippen LogP contribution in [0.15, 0.2) is 5.16 Å². The molecule has 0 bridgehead atoms. The summed E-state index contributed by atoms with van der Waals surface area (Å²) in [4.78, 5) is 0. The molecule has 40 valence electrons. The third-order valence-corrected chi connectivity index (χ3v) is 0.557. The number of hydrogen-bond donors (Lipinski definition) is 3. The van der Waals surface area contributed by atoms with Gasteiger partial charge in [-0.15, -0.1) is 0 Å². The van der Waals surface area contributed by atoms with Crippen LogP contribution in [-0.4, -0.2) is 21.6 Å². The highest BCUT2D eigenvalue weighted by Crippen LogP contribution is 1.60. The van der Waals surface area contributed by atoms with Gasteiger partial charge in [-0.1, -0.05) is 17.4 Å². The molecule has 0 spiro atoms. The Balaban J connectivity index is 3.60. The lowest BCUT2D eigenvalue weighted by atomic mass is 10.7. The molecule has 0 aliphatic heterocycles. The largest absolute Gasteiger partial charge is 0.409 e. The summed E-state index contributed by atoms with van der Waals surface area (Å²) in [5.41, 5.74) is 1.54. The maximum absolute atomic E-state index is 7.89. The van der Waals surface area contributed by atoms with Gasteiger partial charge < -0.3 is 5.21 Å². The number of rotatable bonds is 1. The molecule has 0 heterocycles. The zero-order valence-electron chi connectivity index (χ0n) is 3.33. The number of nitrogens with one attached hydrogen (secondary N) is 1. The molecule has 5 heteroatoms. The Morgan fingerprint density at radius 2 is 2.43 bits per heavy atom. The predicted octanol–water partition coefficient (Wildman–Crippen LogP) is -0.247. The number of hydroxylamine groups is 1. The van der Waals surface area contributed by atoms with Crippen molar-refractivity contribution in [2.45, 2.75) is 0 Å². The van der Waals surface area contributed by atoms with Crippen LogP contribution in [0.2, 0.25) is 0 Å². The van der Waals surface area contributed by atoms with E-state index in [4.69, 9.17) is 10.4 Å². The van der Waals surface area contributed by atoms with Crippen LogP contribution in [0.1, 0.15) is 0 Å². The quantitative estimate of drug-likeness (QED) is 0.147. The first-order valence-corrected chi connectivity index (χ1v) is 1.89. The molecule has 0 atom stereocenters. The molecule has 4 nitrogen and oxygen atoms in total. The highest BCUT2D eigenvalue weighted by molar-refractivity contribution is 7.80. The molecule has 0 aromatic carbocycles. The second kappa shape index (κ2) is 3.51. The van der Waals surface area contributed by atoms with E-state index in [1.807, 2.05) is 0 Å². The van der Waals surface area contributed by atoms with Crippen LogP contribution in [0.25, 0.3) is 0 Å². The van der Waals surface area contributed by atoms with E-state index in [0.29, 0.717) is 0 Å². The maximum atomic E-state index is 7.89. The Labute approximate surface area is 45.4 Å². The second-order valence-electron chi connectivity index (χ2n) is 0.715. The number of thiocarbonyl (C=S) groups is 1. The highest BCUT2D eigenvalue weighted by Gasteiger charge is 1.83. The second-order valence-corrected chi connectivity index (χ2v) is 0.951. The molecular weight excluding hydrogens is 116 g/mol. The lowest BCUT2D eigenvalue weighted by Gasteiger charge is -1.87. The standard InChI is InChI=1S/C2H4N2O2S/c5-3-2(1-7)4-6/h1,5-6H,(H,3,4). The number of nitrogens with zero attached hydrogens (tertiary/aromatic N) is 1. The van der Waals surface area contributed by atoms with Crippen LogP contribution >= 0.6 is 12.2 Å². The molecule has 0 unspecified atom stereocenters. The van der Waals surface area contributed by atoms with Gasteiger partial charge in [-0.2, -0.15) is 0 Å². The van der Waals surface area contributed by atoms with Crippen molar-refractivity contribution in [2.75, 3.05) is 0 Å². The average Bonchev–Trinajstić information content (AvgIpc) is 1.72. The minimum absolute atomic E-state index is 0.144. The zero-order chi connectivity index (χ0) is 5.70. The van der Waals surface area contributed by atoms with E-state index in [2.05, 4.69) is 17.4 Å². The zero-order valence-corrected chi connectivity index (χ0v) is 4.14. The van der Waals surface area contributed by atoms with Crippen LogP contribution in [0.4, 0.5) is 0 Å². The predicted molar refractivity (Wildman–Crippen MR) is 27.8 cm³/mol. The van der Waals surface area contributed by atoms with Crippen LogP contribution in [0.5, 0.6) is 0 Å². The van der Waals surface area contributed by atoms with E-state index in [1.165, 1.54) is 0 Å². The molecule has 0 radical (unpaired) electrons. The fourth-order valence-corrected chi connectivity index (χ4v) is 0.172. The smallest absolute Gasteiger partial charge is 0.199 e. The Morgan fingerprint density at radius 3 is 2.43 bits per heavy atom. The van der Waals surface area contributed by atoms with Gasteiger partial charge in [-0.05, 0) is 0 Å². The highest BCUT2D eigenvalue weighted by atomic mass is 32.1. The van der Waals surface area contributed by atoms with E-state index >= 15 is 0 Å². The summed E-state index contributed by atoms with van der Waals surface area (Å²) in [6.45, 7) is 0. The Bertz CT molecular complexity index is 91.7. The Morgan fingerprint density at radius 1 is 1.86 bits per heavy atom. The minimum atomic E-state index is -0.144. The average molecular weight is 120 g/mol. The fourth-order valence-electron chi connectivity index (χ4n) is 0.0723. The molecule has 0 fully saturated rings. The molecular formula is C2H4N2O2S. The summed E-state index contributed by atoms with van der Waals surface area (Å²) >= 11 is 4.23. The van der Waals surface area contributed by atoms with Gasteiger partial charge in [0.15, 0.2) is 5.84 Å². The normalized spacial score (nSPS) is 10.7. The first kappa shape index (κ1) is 6.32. The number of oxime groups is 1. The topological polar surface area (TPSA) is 64.9 Å². The van der Waals surface area contributed by atoms with Gasteiger partial charge in [0.1, 0.15) is 0 Å². The van der Waals surface area contributed by atoms with Gasteiger partial charge in [-0.3, -0.25) is 5.21 Å². The van der Waals surface area contributed by atoms with Crippen LogP contribution in [0.3, 0.4) is 0 Å². The minimum Gasteiger partial charge on any atom is -0.409 e. The first-order chi connectivity index (χ1) is 3.35. The summed E-state index contributed by atoms with van der Waals surface area (Å²) in [5.74, 6) is -0.144. The van der Waals surface area contributed by atoms with E-state index in [9.17, 15) is 0 Å². The van der Waals surface area contributed by atoms with Crippen LogP contribution in [-0.2, 0) is 0 Å². The van der Waals surface area contributed by atoms with Crippen molar-refractivity contribution in [2.24, 2.45) is 5.16 Å². The Hall–Kier alpha value is -0.680. The van der Waals surface area contributed by atoms with Gasteiger partial charge in [0.25, 0.3) is 0 Å². The van der Waals surface area contributed by atoms with Crippen molar-refractivity contribution in [3.8, 4) is 0 Å². The van der Waals surface area contributed by atoms with E-state index in [0.717, 1.165) is 5.37 Å². The van der Waals surface area contributed by atoms with E-state index in [1.54, 1.807) is 5.48 Å². The van der Waals surface area contributed by atoms with Crippen molar-refractivity contribution in [1.29, 1.82) is 0 Å². The van der Waals surface area contributed by atoms with E-state index in [-0.39, 0.29) is 5.84 Å². The van der Waals surface area contributed by atoms with Crippen molar-refractivity contribution in [1.82, 2.24) is 5.48 Å². The molecule has 0 rings (SSSR count). The number of hydrogen-bond acceptors (Lipinski definition) is 4. The molecule has 0 saturated heterocycles. The molecule has 0 saturated carbocycles. The van der Waals surface area contributed by atoms with Crippen molar-refractivity contribution in [3.05, 3.63) is 0 Å². The summed E-state index contributed by atoms with van der Waals surface area (Å²) in [5, 5.41) is 19.2. The van der Waals surface area contributed by atoms with Crippen molar-refractivity contribution >= 4 is 23.4 Å². The van der Waals surface area contributed by atoms with Gasteiger partial charge in [-0.25, -0.2) is 5.48 Å². The van der Waals surface area contributed by atoms with Crippen LogP contribution < -0.4 is 5.48 Å². The van der Waals surface area contributed by atoms with Crippen LogP contribution in [0, 0.1) is 0 Å². The Kier molecular flexibility index (Phi) is 3.17. The third-order valence-electron chi connectivity index (χ3n) is 0.334. The lowest BCUT2D eigenvalue weighted by Crippen LogP contribution is -2.18. The summed E-state index contributed by atoms with van der Waals surface area (Å²) in [6.07, 6.45) is 0. The van der Waals surface area contributed by atoms with Crippen molar-refractivity contribution < 1.29 is 10.4 Å². The van der Waals surface area contributed by atoms with Gasteiger partial charge in [0.05, 0.1) is 0 Å². The van der Waals surface area contributed by atoms with Crippen molar-refractivity contribution in [3.63, 3.8) is 0 Å². The molecule has 0 aromatic heterocycles. The third kappa shape index (κ3) is 2.07. The molecule has 0 aliphatic rings. The molecule has 3 N–H and O–H groups in total. The van der Waals surface area contributed by atoms with E-state index < -0.39 is 0 Å². The molecule has 0 amide bonds. The summed E-state index contributed by atoms with van der Waals surface area (Å²) in [7, 11) is 0. The molecule has 7 heavy (non-hydrogen) atoms. The SMILES string of the molecule is ON=C(C=S)NO. The summed E-state index contributed by atoms with van der Waals surface area (Å²) < 4.78 is 0. The molecule has 0 aliphatic carbocycles. The lowest BCUT2D eigenvalue weighted by molar-refractivity contribution is 0.226. The molecule has 0 aromatic rings.